The van der Waals surface area contributed by atoms with Crippen molar-refractivity contribution in [3.8, 4) is 0 Å². The molecule has 6 atom stereocenters. The van der Waals surface area contributed by atoms with Gasteiger partial charge in [0, 0.05) is 0 Å². The third-order valence-electron chi connectivity index (χ3n) is 3.34. The molecular weight excluding hydrogens is 331 g/mol. The van der Waals surface area contributed by atoms with Gasteiger partial charge in [0.25, 0.3) is 0 Å². The number of carbonyl (C=O) groups is 1. The number of aliphatic hydroxyl groups is 4. The molecule has 6 N–H and O–H groups in total. The van der Waals surface area contributed by atoms with Crippen molar-refractivity contribution in [2.75, 3.05) is 6.61 Å². The molecule has 6 unspecified atom stereocenters. The third-order valence-corrected chi connectivity index (χ3v) is 4.43. The zero-order valence-electron chi connectivity index (χ0n) is 8.27. The van der Waals surface area contributed by atoms with Crippen molar-refractivity contribution in [1.82, 2.24) is 4.90 Å². The number of hydrogen-bond donors (Lipinski definition) is 5. The third kappa shape index (κ3) is 1.64. The standard InChI is InChI=1S/C8H14IN2O5/c10-9-8(16)11-3-2(1-12)5(13)7(15)6(14)4(3)11/h2-7,12-15H,1,10H2/q-1. The molecule has 1 saturated heterocycles. The molecule has 8 heteroatoms. The van der Waals surface area contributed by atoms with Crippen LogP contribution in [0, 0.1) is 5.92 Å². The predicted molar refractivity (Wildman–Crippen MR) is 47.6 cm³/mol. The Morgan fingerprint density at radius 1 is 1.19 bits per heavy atom. The van der Waals surface area contributed by atoms with Gasteiger partial charge in [-0.25, -0.2) is 0 Å². The quantitative estimate of drug-likeness (QED) is 0.111. The molecule has 1 saturated carbocycles. The zero-order valence-corrected chi connectivity index (χ0v) is 10.4. The molecule has 2 rings (SSSR count). The van der Waals surface area contributed by atoms with E-state index in [2.05, 4.69) is 0 Å². The van der Waals surface area contributed by atoms with Crippen LogP contribution in [0.3, 0.4) is 0 Å². The summed E-state index contributed by atoms with van der Waals surface area (Å²) < 4.78 is 5.08. The molecule has 0 aromatic carbocycles. The summed E-state index contributed by atoms with van der Waals surface area (Å²) in [7, 11) is 0. The summed E-state index contributed by atoms with van der Waals surface area (Å²) in [5.74, 6) is -0.608. The van der Waals surface area contributed by atoms with Gasteiger partial charge in [0.2, 0.25) is 0 Å². The number of hydrogen-bond acceptors (Lipinski definition) is 6. The summed E-state index contributed by atoms with van der Waals surface area (Å²) in [4.78, 5) is 12.8. The molecule has 0 aromatic rings. The molecule has 1 amide bonds. The van der Waals surface area contributed by atoms with Crippen LogP contribution < -0.4 is 25.4 Å². The first-order valence-corrected chi connectivity index (χ1v) is 7.17. The number of nitrogens with zero attached hydrogens (tertiary/aromatic N) is 1. The summed E-state index contributed by atoms with van der Waals surface area (Å²) >= 11 is -1.11. The Morgan fingerprint density at radius 2 is 1.81 bits per heavy atom. The number of amides is 1. The van der Waals surface area contributed by atoms with Gasteiger partial charge in [-0.3, -0.25) is 0 Å². The SMILES string of the molecule is N[I-]C(=O)N1C2C(O)C(O)C(O)C(CO)C21. The van der Waals surface area contributed by atoms with Gasteiger partial charge < -0.3 is 0 Å². The number of carbonyl (C=O) groups excluding carboxylic acids is 1. The zero-order chi connectivity index (χ0) is 12.0. The van der Waals surface area contributed by atoms with E-state index in [1.807, 2.05) is 0 Å². The molecule has 1 aliphatic heterocycles. The van der Waals surface area contributed by atoms with Crippen molar-refractivity contribution < 1.29 is 46.7 Å². The number of fused-ring (bicyclic) bond motifs is 1. The van der Waals surface area contributed by atoms with Crippen molar-refractivity contribution in [1.29, 1.82) is 0 Å². The molecule has 0 aromatic heterocycles. The summed E-state index contributed by atoms with van der Waals surface area (Å²) in [6, 6.07) is -0.902. The number of likely N-dealkylation sites (tertiary alicyclic amines) is 1. The van der Waals surface area contributed by atoms with E-state index in [1.54, 1.807) is 0 Å². The van der Waals surface area contributed by atoms with Gasteiger partial charge in [0.1, 0.15) is 0 Å². The van der Waals surface area contributed by atoms with Crippen LogP contribution in [0.1, 0.15) is 0 Å². The molecule has 0 radical (unpaired) electrons. The first-order chi connectivity index (χ1) is 7.54. The molecule has 0 bridgehead atoms. The van der Waals surface area contributed by atoms with Crippen LogP contribution in [0.15, 0.2) is 0 Å². The van der Waals surface area contributed by atoms with Crippen LogP contribution in [0.5, 0.6) is 0 Å². The van der Waals surface area contributed by atoms with Crippen LogP contribution in [0.25, 0.3) is 0 Å². The van der Waals surface area contributed by atoms with Crippen LogP contribution in [0.4, 0.5) is 4.79 Å². The van der Waals surface area contributed by atoms with E-state index in [1.165, 1.54) is 4.90 Å². The van der Waals surface area contributed by atoms with Crippen molar-refractivity contribution in [2.45, 2.75) is 30.4 Å². The Morgan fingerprint density at radius 3 is 2.31 bits per heavy atom. The molecule has 1 heterocycles. The second-order valence-corrected chi connectivity index (χ2v) is 5.61. The van der Waals surface area contributed by atoms with E-state index in [0.29, 0.717) is 0 Å². The molecule has 2 fully saturated rings. The molecule has 1 aliphatic carbocycles. The Bertz CT molecular complexity index is 304. The topological polar surface area (TPSA) is 127 Å². The van der Waals surface area contributed by atoms with Gasteiger partial charge >= 0.3 is 102 Å². The van der Waals surface area contributed by atoms with Crippen molar-refractivity contribution in [3.05, 3.63) is 0 Å². The molecule has 0 spiro atoms. The maximum absolute atomic E-state index is 11.5. The van der Waals surface area contributed by atoms with Crippen LogP contribution in [-0.2, 0) is 0 Å². The fraction of sp³-hybridized carbons (Fsp3) is 0.875. The monoisotopic (exact) mass is 345 g/mol. The van der Waals surface area contributed by atoms with Crippen molar-refractivity contribution in [2.24, 2.45) is 9.86 Å². The first kappa shape index (κ1) is 12.5. The molecule has 16 heavy (non-hydrogen) atoms. The van der Waals surface area contributed by atoms with E-state index in [4.69, 9.17) is 9.05 Å². The van der Waals surface area contributed by atoms with E-state index < -0.39 is 57.8 Å². The Hall–Kier alpha value is -0.0000000000000000971. The summed E-state index contributed by atoms with van der Waals surface area (Å²) in [5, 5.41) is 38.0. The summed E-state index contributed by atoms with van der Waals surface area (Å²) in [5.41, 5.74) is 0. The van der Waals surface area contributed by atoms with Gasteiger partial charge in [-0.1, -0.05) is 0 Å². The van der Waals surface area contributed by atoms with Gasteiger partial charge in [0.05, 0.1) is 0 Å². The fourth-order valence-corrected chi connectivity index (χ4v) is 3.43. The predicted octanol–water partition coefficient (Wildman–Crippen LogP) is -6.17. The molecule has 7 nitrogen and oxygen atoms in total. The summed E-state index contributed by atoms with van der Waals surface area (Å²) in [6.45, 7) is -0.335. The van der Waals surface area contributed by atoms with E-state index in [-0.39, 0.29) is 10.5 Å². The Labute approximate surface area is 102 Å². The van der Waals surface area contributed by atoms with Crippen LogP contribution >= 0.6 is 0 Å². The maximum atomic E-state index is 11.5. The number of rotatable bonds is 2. The molecule has 94 valence electrons. The fourth-order valence-electron chi connectivity index (χ4n) is 2.46. The minimum atomic E-state index is -1.33. The normalized spacial score (nSPS) is 46.7. The second kappa shape index (κ2) is 4.35. The van der Waals surface area contributed by atoms with E-state index in [0.717, 1.165) is 0 Å². The molecule has 2 aliphatic rings. The van der Waals surface area contributed by atoms with Gasteiger partial charge in [-0.15, -0.1) is 0 Å². The minimum absolute atomic E-state index is 0.243. The number of aliphatic hydroxyl groups excluding tert-OH is 4. The van der Waals surface area contributed by atoms with Gasteiger partial charge in [0.15, 0.2) is 0 Å². The molecular formula is C8H14IN2O5-. The van der Waals surface area contributed by atoms with Crippen molar-refractivity contribution in [3.63, 3.8) is 0 Å². The van der Waals surface area contributed by atoms with E-state index in [9.17, 15) is 20.1 Å². The van der Waals surface area contributed by atoms with Gasteiger partial charge in [-0.05, 0) is 0 Å². The summed E-state index contributed by atoms with van der Waals surface area (Å²) in [6.07, 6.45) is -3.70. The van der Waals surface area contributed by atoms with Crippen LogP contribution in [-0.4, -0.2) is 66.2 Å². The number of nitrogens with two attached hydrogens (primary N) is 1. The second-order valence-electron chi connectivity index (χ2n) is 4.07. The number of halogens is 1. The van der Waals surface area contributed by atoms with Crippen molar-refractivity contribution >= 4 is 3.91 Å². The average molecular weight is 345 g/mol. The average Bonchev–Trinajstić information content (AvgIpc) is 3.01. The van der Waals surface area contributed by atoms with Gasteiger partial charge in [-0.2, -0.15) is 0 Å². The van der Waals surface area contributed by atoms with Crippen LogP contribution in [0.2, 0.25) is 0 Å². The Kier molecular flexibility index (Phi) is 3.39. The Balaban J connectivity index is 2.18. The van der Waals surface area contributed by atoms with E-state index >= 15 is 0 Å². The first-order valence-electron chi connectivity index (χ1n) is 4.85.